The molecule has 0 unspecified atom stereocenters. The van der Waals surface area contributed by atoms with Crippen LogP contribution in [0, 0.1) is 11.3 Å². The van der Waals surface area contributed by atoms with Crippen molar-refractivity contribution >= 4 is 28.9 Å². The van der Waals surface area contributed by atoms with Gasteiger partial charge in [-0.3, -0.25) is 10.1 Å². The lowest BCUT2D eigenvalue weighted by molar-refractivity contribution is -0.113. The fourth-order valence-corrected chi connectivity index (χ4v) is 2.51. The standard InChI is InChI=1S/C18H13N3O2S/c19-10-13-3-1-2-4-14(13)11-23-15-7-5-12(6-8-15)9-16-17(22)21-18(24)20-16/h1-8H,9,11H2,(H,21,22,24). The van der Waals surface area contributed by atoms with Gasteiger partial charge in [-0.1, -0.05) is 30.3 Å². The average Bonchev–Trinajstić information content (AvgIpc) is 2.91. The molecule has 0 radical (unpaired) electrons. The van der Waals surface area contributed by atoms with E-state index >= 15 is 0 Å². The van der Waals surface area contributed by atoms with Crippen LogP contribution in [-0.4, -0.2) is 16.7 Å². The van der Waals surface area contributed by atoms with Crippen molar-refractivity contribution in [1.82, 2.24) is 5.32 Å². The van der Waals surface area contributed by atoms with Crippen LogP contribution in [0.3, 0.4) is 0 Å². The lowest BCUT2D eigenvalue weighted by atomic mass is 10.1. The van der Waals surface area contributed by atoms with E-state index in [1.165, 1.54) is 0 Å². The maximum Gasteiger partial charge on any atom is 0.272 e. The van der Waals surface area contributed by atoms with E-state index in [1.807, 2.05) is 42.5 Å². The number of carbonyl (C=O) groups is 1. The van der Waals surface area contributed by atoms with Crippen molar-refractivity contribution in [2.24, 2.45) is 4.99 Å². The Kier molecular flexibility index (Phi) is 4.64. The highest BCUT2D eigenvalue weighted by atomic mass is 32.1. The summed E-state index contributed by atoms with van der Waals surface area (Å²) in [7, 11) is 0. The third kappa shape index (κ3) is 3.65. The topological polar surface area (TPSA) is 74.5 Å². The number of nitrogens with one attached hydrogen (secondary N) is 1. The first-order valence-corrected chi connectivity index (χ1v) is 7.69. The van der Waals surface area contributed by atoms with Crippen molar-refractivity contribution in [3.8, 4) is 11.8 Å². The Morgan fingerprint density at radius 2 is 1.92 bits per heavy atom. The summed E-state index contributed by atoms with van der Waals surface area (Å²) in [5, 5.41) is 11.8. The van der Waals surface area contributed by atoms with Crippen LogP contribution in [0.5, 0.6) is 5.75 Å². The molecule has 5 nitrogen and oxygen atoms in total. The normalized spacial score (nSPS) is 13.2. The molecule has 0 spiro atoms. The highest BCUT2D eigenvalue weighted by Crippen LogP contribution is 2.17. The fourth-order valence-electron chi connectivity index (χ4n) is 2.30. The molecule has 3 rings (SSSR count). The van der Waals surface area contributed by atoms with Gasteiger partial charge in [0.1, 0.15) is 18.1 Å². The number of hydrogen-bond donors (Lipinski definition) is 1. The van der Waals surface area contributed by atoms with Gasteiger partial charge in [-0.15, -0.1) is 0 Å². The van der Waals surface area contributed by atoms with Crippen molar-refractivity contribution < 1.29 is 9.53 Å². The monoisotopic (exact) mass is 335 g/mol. The Hall–Kier alpha value is -3.04. The quantitative estimate of drug-likeness (QED) is 0.852. The van der Waals surface area contributed by atoms with E-state index in [9.17, 15) is 4.79 Å². The highest BCUT2D eigenvalue weighted by molar-refractivity contribution is 7.80. The Morgan fingerprint density at radius 3 is 2.58 bits per heavy atom. The number of nitriles is 1. The van der Waals surface area contributed by atoms with Gasteiger partial charge in [-0.25, -0.2) is 4.99 Å². The molecular formula is C18H13N3O2S. The molecule has 1 heterocycles. The van der Waals surface area contributed by atoms with E-state index in [0.717, 1.165) is 11.1 Å². The van der Waals surface area contributed by atoms with E-state index in [1.54, 1.807) is 6.07 Å². The summed E-state index contributed by atoms with van der Waals surface area (Å²) in [6.07, 6.45) is 0.420. The van der Waals surface area contributed by atoms with Gasteiger partial charge in [0.15, 0.2) is 5.11 Å². The van der Waals surface area contributed by atoms with Crippen LogP contribution < -0.4 is 10.1 Å². The molecule has 6 heteroatoms. The van der Waals surface area contributed by atoms with Crippen molar-refractivity contribution in [2.45, 2.75) is 13.0 Å². The second-order valence-corrected chi connectivity index (χ2v) is 5.58. The molecule has 0 aromatic heterocycles. The minimum atomic E-state index is -0.242. The highest BCUT2D eigenvalue weighted by Gasteiger charge is 2.20. The molecular weight excluding hydrogens is 322 g/mol. The molecule has 0 atom stereocenters. The van der Waals surface area contributed by atoms with Gasteiger partial charge in [0, 0.05) is 12.0 Å². The van der Waals surface area contributed by atoms with Gasteiger partial charge < -0.3 is 4.74 Å². The molecule has 1 amide bonds. The van der Waals surface area contributed by atoms with E-state index < -0.39 is 0 Å². The number of amides is 1. The Morgan fingerprint density at radius 1 is 1.17 bits per heavy atom. The van der Waals surface area contributed by atoms with Crippen LogP contribution in [0.15, 0.2) is 53.5 Å². The molecule has 0 aliphatic carbocycles. The lowest BCUT2D eigenvalue weighted by Gasteiger charge is -2.08. The minimum Gasteiger partial charge on any atom is -0.489 e. The number of ether oxygens (including phenoxy) is 1. The second-order valence-electron chi connectivity index (χ2n) is 5.20. The van der Waals surface area contributed by atoms with Crippen molar-refractivity contribution in [3.05, 3.63) is 65.2 Å². The maximum atomic E-state index is 11.6. The molecule has 1 N–H and O–H groups in total. The van der Waals surface area contributed by atoms with Crippen LogP contribution in [0.1, 0.15) is 16.7 Å². The largest absolute Gasteiger partial charge is 0.489 e. The molecule has 0 bridgehead atoms. The summed E-state index contributed by atoms with van der Waals surface area (Å²) in [4.78, 5) is 15.6. The molecule has 24 heavy (non-hydrogen) atoms. The number of aliphatic imine (C=N–C) groups is 1. The molecule has 1 aliphatic heterocycles. The molecule has 118 valence electrons. The SMILES string of the molecule is N#Cc1ccccc1COc1ccc(CC2=NC(=S)NC2=O)cc1. The average molecular weight is 335 g/mol. The number of nitrogens with zero attached hydrogens (tertiary/aromatic N) is 2. The first-order chi connectivity index (χ1) is 11.7. The van der Waals surface area contributed by atoms with Gasteiger partial charge in [0.05, 0.1) is 11.6 Å². The predicted octanol–water partition coefficient (Wildman–Crippen LogP) is 2.54. The minimum absolute atomic E-state index is 0.214. The van der Waals surface area contributed by atoms with Crippen LogP contribution in [0.2, 0.25) is 0 Å². The summed E-state index contributed by atoms with van der Waals surface area (Å²) >= 11 is 4.85. The molecule has 2 aromatic rings. The van der Waals surface area contributed by atoms with E-state index in [-0.39, 0.29) is 11.0 Å². The van der Waals surface area contributed by atoms with Crippen LogP contribution in [0.25, 0.3) is 0 Å². The first kappa shape index (κ1) is 15.8. The van der Waals surface area contributed by atoms with Gasteiger partial charge in [0.2, 0.25) is 0 Å². The van der Waals surface area contributed by atoms with E-state index in [4.69, 9.17) is 22.2 Å². The van der Waals surface area contributed by atoms with Crippen molar-refractivity contribution in [1.29, 1.82) is 5.26 Å². The van der Waals surface area contributed by atoms with Crippen molar-refractivity contribution in [3.63, 3.8) is 0 Å². The maximum absolute atomic E-state index is 11.6. The van der Waals surface area contributed by atoms with Gasteiger partial charge in [0.25, 0.3) is 5.91 Å². The lowest BCUT2D eigenvalue weighted by Crippen LogP contribution is -2.26. The Balaban J connectivity index is 1.63. The summed E-state index contributed by atoms with van der Waals surface area (Å²) in [6.45, 7) is 0.326. The fraction of sp³-hybridized carbons (Fsp3) is 0.111. The number of hydrogen-bond acceptors (Lipinski definition) is 4. The molecule has 2 aromatic carbocycles. The second kappa shape index (κ2) is 7.02. The summed E-state index contributed by atoms with van der Waals surface area (Å²) in [5.41, 5.74) is 2.81. The summed E-state index contributed by atoms with van der Waals surface area (Å²) in [6, 6.07) is 16.9. The van der Waals surface area contributed by atoms with Gasteiger partial charge in [-0.05, 0) is 36.0 Å². The molecule has 0 saturated heterocycles. The smallest absolute Gasteiger partial charge is 0.272 e. The first-order valence-electron chi connectivity index (χ1n) is 7.28. The zero-order chi connectivity index (χ0) is 16.9. The number of thiocarbonyl (C=S) groups is 1. The zero-order valence-corrected chi connectivity index (χ0v) is 13.5. The molecule has 1 aliphatic rings. The van der Waals surface area contributed by atoms with Crippen molar-refractivity contribution in [2.75, 3.05) is 0 Å². The summed E-state index contributed by atoms with van der Waals surface area (Å²) in [5.74, 6) is 0.452. The third-order valence-electron chi connectivity index (χ3n) is 3.55. The molecule has 0 fully saturated rings. The Bertz CT molecular complexity index is 867. The summed E-state index contributed by atoms with van der Waals surface area (Å²) < 4.78 is 5.72. The predicted molar refractivity (Wildman–Crippen MR) is 93.8 cm³/mol. The van der Waals surface area contributed by atoms with Gasteiger partial charge >= 0.3 is 0 Å². The zero-order valence-electron chi connectivity index (χ0n) is 12.7. The van der Waals surface area contributed by atoms with Crippen LogP contribution >= 0.6 is 12.2 Å². The van der Waals surface area contributed by atoms with E-state index in [0.29, 0.717) is 30.1 Å². The number of carbonyl (C=O) groups excluding carboxylic acids is 1. The van der Waals surface area contributed by atoms with E-state index in [2.05, 4.69) is 16.4 Å². The third-order valence-corrected chi connectivity index (χ3v) is 3.74. The van der Waals surface area contributed by atoms with Crippen LogP contribution in [0.4, 0.5) is 0 Å². The number of benzene rings is 2. The van der Waals surface area contributed by atoms with Gasteiger partial charge in [-0.2, -0.15) is 5.26 Å². The van der Waals surface area contributed by atoms with Crippen LogP contribution in [-0.2, 0) is 17.8 Å². The molecule has 0 saturated carbocycles. The number of rotatable bonds is 5. The Labute approximate surface area is 144 Å².